The molecule has 2 atom stereocenters. The average Bonchev–Trinajstić information content (AvgIpc) is 3.11. The Morgan fingerprint density at radius 3 is 2.50 bits per heavy atom. The molecule has 2 heterocycles. The molecule has 7 heteroatoms. The van der Waals surface area contributed by atoms with Gasteiger partial charge in [-0.25, -0.2) is 0 Å². The number of fused-ring (bicyclic) bond motifs is 1. The Labute approximate surface area is 187 Å². The van der Waals surface area contributed by atoms with Crippen molar-refractivity contribution in [2.45, 2.75) is 51.8 Å². The third-order valence-electron chi connectivity index (χ3n) is 6.16. The molecule has 1 fully saturated rings. The smallest absolute Gasteiger partial charge is 0.197 e. The van der Waals surface area contributed by atoms with Crippen molar-refractivity contribution in [1.82, 2.24) is 14.8 Å². The molecule has 6 nitrogen and oxygen atoms in total. The van der Waals surface area contributed by atoms with Crippen molar-refractivity contribution in [3.05, 3.63) is 28.4 Å². The fourth-order valence-corrected chi connectivity index (χ4v) is 4.33. The monoisotopic (exact) mass is 474 g/mol. The summed E-state index contributed by atoms with van der Waals surface area (Å²) in [6.45, 7) is 8.44. The summed E-state index contributed by atoms with van der Waals surface area (Å²) in [5, 5.41) is 10.4. The number of hydrogen-bond donors (Lipinski definition) is 1. The number of H-pyrrole nitrogens is 1. The number of carbonyl (C=O) groups is 1. The number of benzene rings is 1. The van der Waals surface area contributed by atoms with E-state index in [4.69, 9.17) is 4.74 Å². The molecule has 1 aromatic carbocycles. The van der Waals surface area contributed by atoms with Crippen LogP contribution in [0.2, 0.25) is 0 Å². The van der Waals surface area contributed by atoms with Gasteiger partial charge in [-0.2, -0.15) is 5.26 Å². The molecule has 30 heavy (non-hydrogen) atoms. The van der Waals surface area contributed by atoms with E-state index in [2.05, 4.69) is 45.7 Å². The van der Waals surface area contributed by atoms with Crippen LogP contribution in [-0.2, 0) is 0 Å². The maximum Gasteiger partial charge on any atom is 0.197 e. The van der Waals surface area contributed by atoms with E-state index < -0.39 is 5.92 Å². The predicted molar refractivity (Wildman–Crippen MR) is 123 cm³/mol. The van der Waals surface area contributed by atoms with Gasteiger partial charge in [-0.15, -0.1) is 0 Å². The van der Waals surface area contributed by atoms with Crippen LogP contribution in [0.1, 0.15) is 44.1 Å². The zero-order valence-corrected chi connectivity index (χ0v) is 20.0. The Kier molecular flexibility index (Phi) is 7.22. The first-order chi connectivity index (χ1) is 14.2. The first-order valence-corrected chi connectivity index (χ1v) is 11.3. The van der Waals surface area contributed by atoms with Crippen molar-refractivity contribution in [2.75, 3.05) is 27.2 Å². The van der Waals surface area contributed by atoms with E-state index in [0.717, 1.165) is 47.1 Å². The lowest BCUT2D eigenvalue weighted by Gasteiger charge is -2.34. The first kappa shape index (κ1) is 22.8. The fourth-order valence-electron chi connectivity index (χ4n) is 3.90. The number of halogens is 1. The van der Waals surface area contributed by atoms with Crippen molar-refractivity contribution < 1.29 is 9.53 Å². The minimum Gasteiger partial charge on any atom is -0.489 e. The number of likely N-dealkylation sites (tertiary alicyclic amines) is 1. The van der Waals surface area contributed by atoms with Crippen LogP contribution in [0.4, 0.5) is 0 Å². The maximum atomic E-state index is 12.9. The number of nitrogens with zero attached hydrogens (tertiary/aromatic N) is 3. The Bertz CT molecular complexity index is 939. The van der Waals surface area contributed by atoms with E-state index >= 15 is 0 Å². The second kappa shape index (κ2) is 9.51. The van der Waals surface area contributed by atoms with Crippen molar-refractivity contribution in [3.8, 4) is 11.8 Å². The first-order valence-electron chi connectivity index (χ1n) is 10.5. The maximum absolute atomic E-state index is 12.9. The lowest BCUT2D eigenvalue weighted by Crippen LogP contribution is -2.41. The normalized spacial score (nSPS) is 18.0. The van der Waals surface area contributed by atoms with E-state index in [1.165, 1.54) is 0 Å². The molecule has 3 rings (SSSR count). The van der Waals surface area contributed by atoms with E-state index in [9.17, 15) is 10.1 Å². The van der Waals surface area contributed by atoms with Gasteiger partial charge < -0.3 is 19.5 Å². The van der Waals surface area contributed by atoms with Gasteiger partial charge in [0.25, 0.3) is 0 Å². The Morgan fingerprint density at radius 1 is 1.27 bits per heavy atom. The number of hydrogen-bond acceptors (Lipinski definition) is 5. The summed E-state index contributed by atoms with van der Waals surface area (Å²) in [4.78, 5) is 20.5. The number of ketones is 1. The highest BCUT2D eigenvalue weighted by molar-refractivity contribution is 9.10. The second-order valence-electron chi connectivity index (χ2n) is 8.68. The Morgan fingerprint density at radius 2 is 1.93 bits per heavy atom. The summed E-state index contributed by atoms with van der Waals surface area (Å²) in [5.74, 6) is -0.116. The molecule has 0 bridgehead atoms. The number of Topliss-reactive ketones (excluding diaryl/α,β-unsaturated/α-hetero) is 1. The molecule has 2 aromatic rings. The van der Waals surface area contributed by atoms with Crippen molar-refractivity contribution >= 4 is 32.6 Å². The molecular weight excluding hydrogens is 444 g/mol. The van der Waals surface area contributed by atoms with Gasteiger partial charge in [0.2, 0.25) is 0 Å². The predicted octanol–water partition coefficient (Wildman–Crippen LogP) is 4.45. The summed E-state index contributed by atoms with van der Waals surface area (Å²) >= 11 is 3.61. The molecule has 1 N–H and O–H groups in total. The van der Waals surface area contributed by atoms with Crippen LogP contribution in [0, 0.1) is 17.2 Å². The summed E-state index contributed by atoms with van der Waals surface area (Å²) in [6.07, 6.45) is 2.20. The number of nitriles is 1. The molecule has 1 aliphatic rings. The van der Waals surface area contributed by atoms with Gasteiger partial charge in [0.1, 0.15) is 17.8 Å². The number of aromatic amines is 1. The highest BCUT2D eigenvalue weighted by Crippen LogP contribution is 2.33. The van der Waals surface area contributed by atoms with Crippen LogP contribution in [0.25, 0.3) is 10.9 Å². The fraction of sp³-hybridized carbons (Fsp3) is 0.565. The van der Waals surface area contributed by atoms with Gasteiger partial charge in [0, 0.05) is 36.1 Å². The summed E-state index contributed by atoms with van der Waals surface area (Å²) in [5.41, 5.74) is 1.31. The van der Waals surface area contributed by atoms with Crippen molar-refractivity contribution in [1.29, 1.82) is 5.26 Å². The highest BCUT2D eigenvalue weighted by atomic mass is 79.9. The molecule has 0 amide bonds. The third-order valence-corrected chi connectivity index (χ3v) is 6.78. The van der Waals surface area contributed by atoms with Crippen LogP contribution in [0.5, 0.6) is 5.75 Å². The molecule has 0 aliphatic carbocycles. The van der Waals surface area contributed by atoms with Crippen LogP contribution < -0.4 is 4.74 Å². The van der Waals surface area contributed by atoms with Gasteiger partial charge in [-0.1, -0.05) is 0 Å². The second-order valence-corrected chi connectivity index (χ2v) is 9.53. The summed E-state index contributed by atoms with van der Waals surface area (Å²) in [6, 6.07) is 8.30. The number of rotatable bonds is 7. The molecular formula is C23H31BrN4O2. The topological polar surface area (TPSA) is 72.4 Å². The van der Waals surface area contributed by atoms with Gasteiger partial charge >= 0.3 is 0 Å². The van der Waals surface area contributed by atoms with E-state index in [1.54, 1.807) is 0 Å². The van der Waals surface area contributed by atoms with Crippen LogP contribution in [0.3, 0.4) is 0 Å². The number of carbonyl (C=O) groups excluding carboxylic acids is 1. The van der Waals surface area contributed by atoms with Gasteiger partial charge in [0.05, 0.1) is 16.2 Å². The van der Waals surface area contributed by atoms with Crippen molar-refractivity contribution in [2.24, 2.45) is 5.92 Å². The lowest BCUT2D eigenvalue weighted by molar-refractivity contribution is 0.0839. The molecule has 162 valence electrons. The minimum atomic E-state index is -0.724. The van der Waals surface area contributed by atoms with Gasteiger partial charge in [0.15, 0.2) is 5.78 Å². The SMILES string of the molecule is CC(C(C#N)C(=O)c1cc2cc(OC3CCN(C(C)C)CC3)c(Br)cc2[nH]1)N(C)C. The summed E-state index contributed by atoms with van der Waals surface area (Å²) in [7, 11) is 3.75. The molecule has 0 spiro atoms. The van der Waals surface area contributed by atoms with E-state index in [0.29, 0.717) is 11.7 Å². The number of ether oxygens (including phenoxy) is 1. The highest BCUT2D eigenvalue weighted by Gasteiger charge is 2.29. The van der Waals surface area contributed by atoms with Crippen LogP contribution in [-0.4, -0.2) is 65.9 Å². The number of nitrogens with one attached hydrogen (secondary N) is 1. The van der Waals surface area contributed by atoms with Gasteiger partial charge in [-0.3, -0.25) is 4.79 Å². The summed E-state index contributed by atoms with van der Waals surface area (Å²) < 4.78 is 7.16. The molecule has 0 radical (unpaired) electrons. The van der Waals surface area contributed by atoms with Gasteiger partial charge in [-0.05, 0) is 81.8 Å². The third kappa shape index (κ3) is 4.88. The molecule has 1 aliphatic heterocycles. The van der Waals surface area contributed by atoms with Crippen LogP contribution in [0.15, 0.2) is 22.7 Å². The van der Waals surface area contributed by atoms with E-state index in [1.807, 2.05) is 44.1 Å². The van der Waals surface area contributed by atoms with Crippen LogP contribution >= 0.6 is 15.9 Å². The average molecular weight is 475 g/mol. The molecule has 1 aromatic heterocycles. The Hall–Kier alpha value is -1.88. The zero-order chi connectivity index (χ0) is 22.0. The van der Waals surface area contributed by atoms with Crippen molar-refractivity contribution in [3.63, 3.8) is 0 Å². The quantitative estimate of drug-likeness (QED) is 0.599. The molecule has 1 saturated heterocycles. The number of piperidine rings is 1. The standard InChI is InChI=1S/C23H31BrN4O2/c1-14(2)28-8-6-17(7-9-28)30-22-11-16-10-21(26-20(16)12-19(22)24)23(29)18(13-25)15(3)27(4)5/h10-12,14-15,17-18,26H,6-9H2,1-5H3. The zero-order valence-electron chi connectivity index (χ0n) is 18.4. The number of aromatic nitrogens is 1. The minimum absolute atomic E-state index is 0.170. The largest absolute Gasteiger partial charge is 0.489 e. The molecule has 2 unspecified atom stereocenters. The Balaban J connectivity index is 1.78. The lowest BCUT2D eigenvalue weighted by atomic mass is 9.95. The molecule has 0 saturated carbocycles. The van der Waals surface area contributed by atoms with E-state index in [-0.39, 0.29) is 17.9 Å².